The van der Waals surface area contributed by atoms with Gasteiger partial charge in [0.1, 0.15) is 11.6 Å². The van der Waals surface area contributed by atoms with Crippen molar-refractivity contribution in [2.75, 3.05) is 30.9 Å². The third kappa shape index (κ3) is 4.93. The van der Waals surface area contributed by atoms with Crippen LogP contribution in [-0.2, 0) is 4.74 Å². The number of rotatable bonds is 8. The van der Waals surface area contributed by atoms with Gasteiger partial charge in [-0.1, -0.05) is 0 Å². The molecule has 11 heteroatoms. The number of nitrogens with zero attached hydrogens (tertiary/aromatic N) is 2. The summed E-state index contributed by atoms with van der Waals surface area (Å²) in [6, 6.07) is 6.84. The second-order valence-electron chi connectivity index (χ2n) is 6.02. The minimum absolute atomic E-state index is 0.0361. The molecule has 1 aromatic heterocycles. The summed E-state index contributed by atoms with van der Waals surface area (Å²) in [5, 5.41) is 18.2. The lowest BCUT2D eigenvalue weighted by atomic mass is 10.1. The summed E-state index contributed by atoms with van der Waals surface area (Å²) in [5.41, 5.74) is 0.282. The number of nitro benzene ring substituents is 1. The minimum Gasteiger partial charge on any atom is -0.383 e. The van der Waals surface area contributed by atoms with Gasteiger partial charge in [0.25, 0.3) is 11.6 Å². The first-order valence-corrected chi connectivity index (χ1v) is 9.50. The highest BCUT2D eigenvalue weighted by Gasteiger charge is 2.19. The molecule has 0 aliphatic carbocycles. The number of halogens is 2. The van der Waals surface area contributed by atoms with Gasteiger partial charge in [0.15, 0.2) is 5.13 Å². The molecule has 1 amide bonds. The number of carbonyl (C=O) groups is 1. The van der Waals surface area contributed by atoms with Crippen molar-refractivity contribution in [1.82, 2.24) is 4.98 Å². The first-order valence-electron chi connectivity index (χ1n) is 8.62. The second-order valence-corrected chi connectivity index (χ2v) is 6.88. The van der Waals surface area contributed by atoms with E-state index < -0.39 is 22.5 Å². The molecule has 1 heterocycles. The number of nitro groups is 1. The quantitative estimate of drug-likeness (QED) is 0.311. The van der Waals surface area contributed by atoms with E-state index in [1.165, 1.54) is 24.6 Å². The van der Waals surface area contributed by atoms with E-state index >= 15 is 0 Å². The van der Waals surface area contributed by atoms with E-state index in [1.807, 2.05) is 0 Å². The van der Waals surface area contributed by atoms with Crippen molar-refractivity contribution in [2.45, 2.75) is 0 Å². The molecule has 0 bridgehead atoms. The molecule has 0 radical (unpaired) electrons. The van der Waals surface area contributed by atoms with Crippen LogP contribution in [0.15, 0.2) is 41.8 Å². The maximum Gasteiger partial charge on any atom is 0.270 e. The van der Waals surface area contributed by atoms with Gasteiger partial charge < -0.3 is 10.1 Å². The Labute approximate surface area is 173 Å². The van der Waals surface area contributed by atoms with E-state index in [9.17, 15) is 23.7 Å². The second kappa shape index (κ2) is 9.37. The topological polar surface area (TPSA) is 106 Å². The average molecular weight is 434 g/mol. The Morgan fingerprint density at radius 3 is 2.80 bits per heavy atom. The molecule has 0 spiro atoms. The monoisotopic (exact) mass is 434 g/mol. The molecule has 2 aromatic carbocycles. The highest BCUT2D eigenvalue weighted by atomic mass is 32.1. The fourth-order valence-electron chi connectivity index (χ4n) is 2.59. The van der Waals surface area contributed by atoms with Crippen LogP contribution in [0.2, 0.25) is 0 Å². The Hall–Kier alpha value is -3.44. The third-order valence-electron chi connectivity index (χ3n) is 4.01. The van der Waals surface area contributed by atoms with Gasteiger partial charge in [-0.15, -0.1) is 11.3 Å². The molecule has 156 valence electrons. The first kappa shape index (κ1) is 21.3. The van der Waals surface area contributed by atoms with Crippen molar-refractivity contribution in [2.24, 2.45) is 0 Å². The molecule has 0 aliphatic heterocycles. The van der Waals surface area contributed by atoms with Crippen molar-refractivity contribution >= 4 is 33.8 Å². The van der Waals surface area contributed by atoms with Crippen molar-refractivity contribution < 1.29 is 23.2 Å². The van der Waals surface area contributed by atoms with E-state index in [0.717, 1.165) is 35.6 Å². The highest BCUT2D eigenvalue weighted by molar-refractivity contribution is 7.14. The predicted octanol–water partition coefficient (Wildman–Crippen LogP) is 4.31. The normalized spacial score (nSPS) is 10.6. The SMILES string of the molecule is COCCNc1ccc([N+](=O)[O-])cc1C(=O)Nc1nc(-c2cc(F)ccc2F)cs1. The largest absolute Gasteiger partial charge is 0.383 e. The molecule has 2 N–H and O–H groups in total. The lowest BCUT2D eigenvalue weighted by Crippen LogP contribution is -2.16. The summed E-state index contributed by atoms with van der Waals surface area (Å²) in [6.07, 6.45) is 0. The molecule has 0 fully saturated rings. The van der Waals surface area contributed by atoms with Crippen LogP contribution in [0, 0.1) is 21.7 Å². The smallest absolute Gasteiger partial charge is 0.270 e. The van der Waals surface area contributed by atoms with Crippen LogP contribution in [0.3, 0.4) is 0 Å². The summed E-state index contributed by atoms with van der Waals surface area (Å²) in [6.45, 7) is 0.752. The number of ether oxygens (including phenoxy) is 1. The summed E-state index contributed by atoms with van der Waals surface area (Å²) in [5.74, 6) is -1.91. The van der Waals surface area contributed by atoms with E-state index in [-0.39, 0.29) is 27.6 Å². The number of methoxy groups -OCH3 is 1. The number of non-ortho nitro benzene ring substituents is 1. The number of thiazole rings is 1. The van der Waals surface area contributed by atoms with Crippen LogP contribution in [0.1, 0.15) is 10.4 Å². The number of aromatic nitrogens is 1. The van der Waals surface area contributed by atoms with Gasteiger partial charge in [-0.3, -0.25) is 20.2 Å². The van der Waals surface area contributed by atoms with Gasteiger partial charge in [-0.2, -0.15) is 0 Å². The molecular formula is C19H16F2N4O4S. The molecule has 3 rings (SSSR count). The zero-order chi connectivity index (χ0) is 21.7. The molecule has 0 saturated heterocycles. The number of amides is 1. The van der Waals surface area contributed by atoms with E-state index in [0.29, 0.717) is 18.8 Å². The number of nitrogens with one attached hydrogen (secondary N) is 2. The van der Waals surface area contributed by atoms with Crippen LogP contribution in [0.25, 0.3) is 11.3 Å². The minimum atomic E-state index is -0.650. The maximum absolute atomic E-state index is 13.9. The van der Waals surface area contributed by atoms with Gasteiger partial charge in [-0.05, 0) is 24.3 Å². The maximum atomic E-state index is 13.9. The number of hydrogen-bond acceptors (Lipinski definition) is 7. The summed E-state index contributed by atoms with van der Waals surface area (Å²) >= 11 is 1.01. The van der Waals surface area contributed by atoms with Crippen LogP contribution in [-0.4, -0.2) is 36.1 Å². The van der Waals surface area contributed by atoms with Crippen LogP contribution in [0.5, 0.6) is 0 Å². The summed E-state index contributed by atoms with van der Waals surface area (Å²) < 4.78 is 32.3. The Kier molecular flexibility index (Phi) is 6.65. The zero-order valence-electron chi connectivity index (χ0n) is 15.6. The average Bonchev–Trinajstić information content (AvgIpc) is 3.18. The highest BCUT2D eigenvalue weighted by Crippen LogP contribution is 2.29. The number of benzene rings is 2. The van der Waals surface area contributed by atoms with Crippen LogP contribution < -0.4 is 10.6 Å². The Bertz CT molecular complexity index is 1090. The Morgan fingerprint density at radius 1 is 1.27 bits per heavy atom. The molecule has 8 nitrogen and oxygen atoms in total. The van der Waals surface area contributed by atoms with E-state index in [2.05, 4.69) is 15.6 Å². The number of anilines is 2. The van der Waals surface area contributed by atoms with Gasteiger partial charge in [-0.25, -0.2) is 13.8 Å². The lowest BCUT2D eigenvalue weighted by Gasteiger charge is -2.11. The standard InChI is InChI=1S/C19H16F2N4O4S/c1-29-7-6-22-16-5-3-12(25(27)28)9-14(16)18(26)24-19-23-17(10-30-19)13-8-11(20)2-4-15(13)21/h2-5,8-10,22H,6-7H2,1H3,(H,23,24,26). The van der Waals surface area contributed by atoms with Crippen molar-refractivity contribution in [3.8, 4) is 11.3 Å². The molecule has 0 atom stereocenters. The fraction of sp³-hybridized carbons (Fsp3) is 0.158. The van der Waals surface area contributed by atoms with Crippen LogP contribution >= 0.6 is 11.3 Å². The van der Waals surface area contributed by atoms with Crippen molar-refractivity contribution in [1.29, 1.82) is 0 Å². The fourth-order valence-corrected chi connectivity index (χ4v) is 3.29. The summed E-state index contributed by atoms with van der Waals surface area (Å²) in [4.78, 5) is 27.3. The number of carbonyl (C=O) groups excluding carboxylic acids is 1. The number of hydrogen-bond donors (Lipinski definition) is 2. The predicted molar refractivity (Wildman–Crippen MR) is 109 cm³/mol. The lowest BCUT2D eigenvalue weighted by molar-refractivity contribution is -0.384. The van der Waals surface area contributed by atoms with E-state index in [1.54, 1.807) is 0 Å². The molecule has 3 aromatic rings. The molecule has 30 heavy (non-hydrogen) atoms. The first-order chi connectivity index (χ1) is 14.4. The van der Waals surface area contributed by atoms with Gasteiger partial charge in [0.05, 0.1) is 22.8 Å². The molecule has 0 aliphatic rings. The Balaban J connectivity index is 1.85. The Morgan fingerprint density at radius 2 is 2.07 bits per heavy atom. The van der Waals surface area contributed by atoms with Crippen molar-refractivity contribution in [3.63, 3.8) is 0 Å². The van der Waals surface area contributed by atoms with E-state index in [4.69, 9.17) is 4.74 Å². The van der Waals surface area contributed by atoms with Gasteiger partial charge in [0, 0.05) is 42.4 Å². The summed E-state index contributed by atoms with van der Waals surface area (Å²) in [7, 11) is 1.52. The van der Waals surface area contributed by atoms with Crippen LogP contribution in [0.4, 0.5) is 25.3 Å². The molecular weight excluding hydrogens is 418 g/mol. The van der Waals surface area contributed by atoms with Gasteiger partial charge in [0.2, 0.25) is 0 Å². The molecule has 0 unspecified atom stereocenters. The van der Waals surface area contributed by atoms with Crippen molar-refractivity contribution in [3.05, 3.63) is 69.1 Å². The zero-order valence-corrected chi connectivity index (χ0v) is 16.5. The molecule has 0 saturated carbocycles. The van der Waals surface area contributed by atoms with Gasteiger partial charge >= 0.3 is 0 Å². The third-order valence-corrected chi connectivity index (χ3v) is 4.77.